The minimum absolute atomic E-state index is 0.00109. The zero-order valence-electron chi connectivity index (χ0n) is 11.1. The number of phenolic OH excluding ortho intramolecular Hbond substituents is 1. The van der Waals surface area contributed by atoms with E-state index in [1.807, 2.05) is 0 Å². The van der Waals surface area contributed by atoms with Crippen LogP contribution in [0.1, 0.15) is 25.3 Å². The summed E-state index contributed by atoms with van der Waals surface area (Å²) in [5.74, 6) is -0.0852. The van der Waals surface area contributed by atoms with Crippen LogP contribution in [0.5, 0.6) is 11.5 Å². The molecule has 1 fully saturated rings. The highest BCUT2D eigenvalue weighted by molar-refractivity contribution is 5.80. The number of carboxylic acid groups (broad SMARTS) is 1. The van der Waals surface area contributed by atoms with E-state index in [1.165, 1.54) is 13.2 Å². The molecule has 1 aromatic rings. The predicted molar refractivity (Wildman–Crippen MR) is 70.4 cm³/mol. The van der Waals surface area contributed by atoms with Gasteiger partial charge in [-0.15, -0.1) is 0 Å². The van der Waals surface area contributed by atoms with Gasteiger partial charge in [-0.1, -0.05) is 6.07 Å². The number of benzene rings is 1. The van der Waals surface area contributed by atoms with Crippen LogP contribution in [0.2, 0.25) is 0 Å². The molecule has 0 aliphatic heterocycles. The van der Waals surface area contributed by atoms with E-state index < -0.39 is 11.5 Å². The van der Waals surface area contributed by atoms with Gasteiger partial charge in [0.05, 0.1) is 7.11 Å². The summed E-state index contributed by atoms with van der Waals surface area (Å²) in [7, 11) is 1.44. The van der Waals surface area contributed by atoms with Crippen molar-refractivity contribution in [2.75, 3.05) is 13.7 Å². The van der Waals surface area contributed by atoms with Crippen LogP contribution in [-0.4, -0.2) is 29.8 Å². The van der Waals surface area contributed by atoms with E-state index in [2.05, 4.69) is 5.32 Å². The number of phenols is 1. The minimum Gasteiger partial charge on any atom is -0.504 e. The maximum absolute atomic E-state index is 11.6. The average Bonchev–Trinajstić information content (AvgIpc) is 3.20. The molecule has 0 radical (unpaired) electrons. The van der Waals surface area contributed by atoms with Crippen LogP contribution in [0.3, 0.4) is 0 Å². The molecule has 1 unspecified atom stereocenters. The number of hydrogen-bond acceptors (Lipinski definition) is 4. The quantitative estimate of drug-likeness (QED) is 0.729. The molecule has 5 heteroatoms. The molecule has 1 atom stereocenters. The van der Waals surface area contributed by atoms with Crippen molar-refractivity contribution >= 4 is 5.97 Å². The van der Waals surface area contributed by atoms with Crippen LogP contribution >= 0.6 is 0 Å². The van der Waals surface area contributed by atoms with Crippen LogP contribution in [0.25, 0.3) is 0 Å². The van der Waals surface area contributed by atoms with Gasteiger partial charge in [-0.25, -0.2) is 4.79 Å². The Balaban J connectivity index is 2.28. The van der Waals surface area contributed by atoms with Gasteiger partial charge in [0.25, 0.3) is 0 Å². The van der Waals surface area contributed by atoms with E-state index in [4.69, 9.17) is 4.74 Å². The van der Waals surface area contributed by atoms with E-state index in [9.17, 15) is 15.0 Å². The molecule has 0 spiro atoms. The highest BCUT2D eigenvalue weighted by Gasteiger charge is 2.37. The van der Waals surface area contributed by atoms with Crippen molar-refractivity contribution in [3.8, 4) is 11.5 Å². The largest absolute Gasteiger partial charge is 0.504 e. The second kappa shape index (κ2) is 5.09. The molecule has 0 aromatic heterocycles. The molecular formula is C14H19NO4. The number of aliphatic carboxylic acids is 1. The fraction of sp³-hybridized carbons (Fsp3) is 0.500. The molecular weight excluding hydrogens is 246 g/mol. The van der Waals surface area contributed by atoms with Gasteiger partial charge in [-0.05, 0) is 49.9 Å². The fourth-order valence-corrected chi connectivity index (χ4v) is 1.96. The maximum Gasteiger partial charge on any atom is 0.328 e. The van der Waals surface area contributed by atoms with Gasteiger partial charge in [0.2, 0.25) is 0 Å². The molecule has 0 amide bonds. The number of methoxy groups -OCH3 is 1. The number of rotatable bonds is 6. The van der Waals surface area contributed by atoms with E-state index in [-0.39, 0.29) is 11.5 Å². The highest BCUT2D eigenvalue weighted by atomic mass is 16.5. The third kappa shape index (κ3) is 2.81. The molecule has 1 aromatic carbocycles. The SMILES string of the molecule is COc1cc(C(C)(NCC2CC2)C(=O)O)ccc1O. The van der Waals surface area contributed by atoms with Gasteiger partial charge in [0, 0.05) is 0 Å². The molecule has 1 saturated carbocycles. The summed E-state index contributed by atoms with van der Waals surface area (Å²) < 4.78 is 5.03. The van der Waals surface area contributed by atoms with E-state index in [0.717, 1.165) is 12.8 Å². The monoisotopic (exact) mass is 265 g/mol. The third-order valence-electron chi connectivity index (χ3n) is 3.63. The molecule has 2 rings (SSSR count). The summed E-state index contributed by atoms with van der Waals surface area (Å²) in [5, 5.41) is 22.2. The van der Waals surface area contributed by atoms with Gasteiger partial charge in [0.15, 0.2) is 11.5 Å². The second-order valence-electron chi connectivity index (χ2n) is 5.14. The van der Waals surface area contributed by atoms with Crippen LogP contribution in [0.15, 0.2) is 18.2 Å². The summed E-state index contributed by atoms with van der Waals surface area (Å²) in [6.07, 6.45) is 2.31. The highest BCUT2D eigenvalue weighted by Crippen LogP contribution is 2.33. The minimum atomic E-state index is -1.18. The number of carbonyl (C=O) groups is 1. The van der Waals surface area contributed by atoms with Crippen LogP contribution in [-0.2, 0) is 10.3 Å². The lowest BCUT2D eigenvalue weighted by atomic mass is 9.91. The molecule has 1 aliphatic rings. The first-order valence-corrected chi connectivity index (χ1v) is 6.33. The van der Waals surface area contributed by atoms with E-state index in [1.54, 1.807) is 19.1 Å². The Morgan fingerprint density at radius 2 is 2.21 bits per heavy atom. The first-order chi connectivity index (χ1) is 8.97. The normalized spacial score (nSPS) is 17.8. The molecule has 0 saturated heterocycles. The third-order valence-corrected chi connectivity index (χ3v) is 3.63. The van der Waals surface area contributed by atoms with Crippen molar-refractivity contribution in [3.63, 3.8) is 0 Å². The lowest BCUT2D eigenvalue weighted by molar-refractivity contribution is -0.144. The van der Waals surface area contributed by atoms with Crippen molar-refractivity contribution in [3.05, 3.63) is 23.8 Å². The number of carboxylic acids is 1. The van der Waals surface area contributed by atoms with Crippen LogP contribution in [0.4, 0.5) is 0 Å². The van der Waals surface area contributed by atoms with Crippen molar-refractivity contribution in [2.45, 2.75) is 25.3 Å². The number of hydrogen-bond donors (Lipinski definition) is 3. The number of nitrogens with one attached hydrogen (secondary N) is 1. The zero-order valence-corrected chi connectivity index (χ0v) is 11.1. The average molecular weight is 265 g/mol. The summed E-state index contributed by atoms with van der Waals surface area (Å²) in [5.41, 5.74) is -0.612. The Bertz CT molecular complexity index is 484. The summed E-state index contributed by atoms with van der Waals surface area (Å²) in [4.78, 5) is 11.6. The number of ether oxygens (including phenoxy) is 1. The fourth-order valence-electron chi connectivity index (χ4n) is 1.96. The molecule has 0 heterocycles. The Hall–Kier alpha value is -1.75. The zero-order chi connectivity index (χ0) is 14.0. The second-order valence-corrected chi connectivity index (χ2v) is 5.14. The van der Waals surface area contributed by atoms with E-state index in [0.29, 0.717) is 18.0 Å². The molecule has 104 valence electrons. The predicted octanol–water partition coefficient (Wildman–Crippen LogP) is 1.70. The molecule has 1 aliphatic carbocycles. The molecule has 5 nitrogen and oxygen atoms in total. The Kier molecular flexibility index (Phi) is 3.66. The van der Waals surface area contributed by atoms with Gasteiger partial charge >= 0.3 is 5.97 Å². The Labute approximate surface area is 112 Å². The summed E-state index contributed by atoms with van der Waals surface area (Å²) in [6.45, 7) is 2.32. The van der Waals surface area contributed by atoms with E-state index >= 15 is 0 Å². The lowest BCUT2D eigenvalue weighted by Crippen LogP contribution is -2.47. The molecule has 19 heavy (non-hydrogen) atoms. The van der Waals surface area contributed by atoms with Crippen LogP contribution in [0, 0.1) is 5.92 Å². The standard InChI is InChI=1S/C14H19NO4/c1-14(13(17)18,15-8-9-3-4-9)10-5-6-11(16)12(7-10)19-2/h5-7,9,15-16H,3-4,8H2,1-2H3,(H,17,18). The smallest absolute Gasteiger partial charge is 0.328 e. The van der Waals surface area contributed by atoms with Crippen molar-refractivity contribution in [1.82, 2.24) is 5.32 Å². The lowest BCUT2D eigenvalue weighted by Gasteiger charge is -2.27. The van der Waals surface area contributed by atoms with Crippen molar-refractivity contribution < 1.29 is 19.7 Å². The van der Waals surface area contributed by atoms with Gasteiger partial charge < -0.3 is 14.9 Å². The van der Waals surface area contributed by atoms with Gasteiger partial charge in [0.1, 0.15) is 5.54 Å². The van der Waals surface area contributed by atoms with Crippen molar-refractivity contribution in [1.29, 1.82) is 0 Å². The van der Waals surface area contributed by atoms with Crippen molar-refractivity contribution in [2.24, 2.45) is 5.92 Å². The number of aromatic hydroxyl groups is 1. The Morgan fingerprint density at radius 3 is 2.74 bits per heavy atom. The molecule has 0 bridgehead atoms. The van der Waals surface area contributed by atoms with Gasteiger partial charge in [-0.3, -0.25) is 5.32 Å². The van der Waals surface area contributed by atoms with Gasteiger partial charge in [-0.2, -0.15) is 0 Å². The topological polar surface area (TPSA) is 78.8 Å². The summed E-state index contributed by atoms with van der Waals surface area (Å²) in [6, 6.07) is 4.61. The molecule has 3 N–H and O–H groups in total. The summed E-state index contributed by atoms with van der Waals surface area (Å²) >= 11 is 0. The maximum atomic E-state index is 11.6. The first kappa shape index (κ1) is 13.7. The van der Waals surface area contributed by atoms with Crippen LogP contribution < -0.4 is 10.1 Å². The first-order valence-electron chi connectivity index (χ1n) is 6.33. The Morgan fingerprint density at radius 1 is 1.53 bits per heavy atom.